The first kappa shape index (κ1) is 16.2. The Hall–Kier alpha value is -1.20. The van der Waals surface area contributed by atoms with E-state index in [-0.39, 0.29) is 11.8 Å². The molecule has 0 saturated heterocycles. The molecule has 5 heteroatoms. The molecule has 1 aromatic carbocycles. The Morgan fingerprint density at radius 3 is 2.86 bits per heavy atom. The molecular weight excluding hydrogens is 334 g/mol. The topological polar surface area (TPSA) is 69.4 Å². The highest BCUT2D eigenvalue weighted by Crippen LogP contribution is 2.35. The van der Waals surface area contributed by atoms with Crippen molar-refractivity contribution in [3.05, 3.63) is 33.8 Å². The molecule has 0 radical (unpaired) electrons. The van der Waals surface area contributed by atoms with Crippen molar-refractivity contribution >= 4 is 27.9 Å². The van der Waals surface area contributed by atoms with Crippen molar-refractivity contribution in [1.29, 1.82) is 0 Å². The number of nitrogens with two attached hydrogens (primary N) is 1. The molecular formula is C16H20BrNO3. The van der Waals surface area contributed by atoms with Gasteiger partial charge in [-0.3, -0.25) is 4.79 Å². The number of ether oxygens (including phenoxy) is 1. The van der Waals surface area contributed by atoms with Crippen molar-refractivity contribution in [3.8, 4) is 0 Å². The smallest absolute Gasteiger partial charge is 0.330 e. The highest BCUT2D eigenvalue weighted by molar-refractivity contribution is 9.10. The zero-order valence-electron chi connectivity index (χ0n) is 12.3. The molecule has 2 N–H and O–H groups in total. The van der Waals surface area contributed by atoms with Gasteiger partial charge >= 0.3 is 11.9 Å². The van der Waals surface area contributed by atoms with Crippen molar-refractivity contribution < 1.29 is 14.3 Å². The van der Waals surface area contributed by atoms with E-state index in [1.807, 2.05) is 32.0 Å². The number of hydrogen-bond donors (Lipinski definition) is 1. The van der Waals surface area contributed by atoms with Crippen molar-refractivity contribution in [2.75, 3.05) is 0 Å². The Labute approximate surface area is 133 Å². The number of carbonyl (C=O) groups excluding carboxylic acids is 2. The number of aryl methyl sites for hydroxylation is 1. The first-order valence-corrected chi connectivity index (χ1v) is 8.02. The second-order valence-corrected chi connectivity index (χ2v) is 6.50. The lowest BCUT2D eigenvalue weighted by Crippen LogP contribution is -2.39. The number of benzene rings is 1. The summed E-state index contributed by atoms with van der Waals surface area (Å²) >= 11 is 3.40. The molecule has 1 unspecified atom stereocenters. The Morgan fingerprint density at radius 2 is 2.19 bits per heavy atom. The van der Waals surface area contributed by atoms with Gasteiger partial charge in [-0.15, -0.1) is 0 Å². The predicted octanol–water partition coefficient (Wildman–Crippen LogP) is 2.92. The molecule has 0 amide bonds. The Bertz CT molecular complexity index is 558. The highest BCUT2D eigenvalue weighted by atomic mass is 79.9. The fourth-order valence-corrected chi connectivity index (χ4v) is 2.92. The molecule has 1 aromatic rings. The van der Waals surface area contributed by atoms with Crippen LogP contribution in [0, 0.1) is 5.92 Å². The second-order valence-electron chi connectivity index (χ2n) is 5.59. The fourth-order valence-electron chi connectivity index (χ4n) is 2.54. The van der Waals surface area contributed by atoms with Crippen molar-refractivity contribution in [1.82, 2.24) is 0 Å². The number of hydrogen-bond acceptors (Lipinski definition) is 4. The average Bonchev–Trinajstić information content (AvgIpc) is 2.88. The van der Waals surface area contributed by atoms with Gasteiger partial charge in [0.15, 0.2) is 0 Å². The summed E-state index contributed by atoms with van der Waals surface area (Å²) in [4.78, 5) is 24.1. The van der Waals surface area contributed by atoms with E-state index in [2.05, 4.69) is 15.9 Å². The van der Waals surface area contributed by atoms with Gasteiger partial charge in [-0.1, -0.05) is 42.3 Å². The summed E-state index contributed by atoms with van der Waals surface area (Å²) < 4.78 is 5.92. The van der Waals surface area contributed by atoms with Gasteiger partial charge in [-0.2, -0.15) is 0 Å². The van der Waals surface area contributed by atoms with Crippen LogP contribution in [0.25, 0.3) is 0 Å². The van der Waals surface area contributed by atoms with Crippen LogP contribution < -0.4 is 5.73 Å². The number of carbonyl (C=O) groups is 2. The van der Waals surface area contributed by atoms with Crippen LogP contribution in [0.5, 0.6) is 0 Å². The number of halogens is 1. The zero-order chi connectivity index (χ0) is 15.6. The molecule has 3 atom stereocenters. The van der Waals surface area contributed by atoms with Gasteiger partial charge < -0.3 is 10.5 Å². The summed E-state index contributed by atoms with van der Waals surface area (Å²) in [5.74, 6) is -1.49. The maximum absolute atomic E-state index is 12.2. The number of esters is 2. The summed E-state index contributed by atoms with van der Waals surface area (Å²) in [6.07, 6.45) is 2.27. The summed E-state index contributed by atoms with van der Waals surface area (Å²) in [5, 5.41) is 0. The fraction of sp³-hybridized carbons (Fsp3) is 0.500. The Kier molecular flexibility index (Phi) is 5.17. The van der Waals surface area contributed by atoms with E-state index >= 15 is 0 Å². The van der Waals surface area contributed by atoms with E-state index < -0.39 is 18.0 Å². The van der Waals surface area contributed by atoms with Gasteiger partial charge in [0.1, 0.15) is 6.04 Å². The van der Waals surface area contributed by atoms with Crippen LogP contribution in [0.15, 0.2) is 22.7 Å². The molecule has 4 nitrogen and oxygen atoms in total. The van der Waals surface area contributed by atoms with E-state index in [0.29, 0.717) is 6.42 Å². The van der Waals surface area contributed by atoms with Crippen LogP contribution in [0.2, 0.25) is 0 Å². The average molecular weight is 354 g/mol. The minimum Gasteiger partial charge on any atom is -0.392 e. The van der Waals surface area contributed by atoms with Crippen LogP contribution in [0.1, 0.15) is 43.7 Å². The van der Waals surface area contributed by atoms with Crippen LogP contribution in [-0.4, -0.2) is 18.0 Å². The minimum absolute atomic E-state index is 0.00434. The third kappa shape index (κ3) is 3.52. The van der Waals surface area contributed by atoms with Crippen molar-refractivity contribution in [2.45, 2.75) is 45.1 Å². The van der Waals surface area contributed by atoms with Crippen molar-refractivity contribution in [3.63, 3.8) is 0 Å². The quantitative estimate of drug-likeness (QED) is 0.667. The molecule has 0 spiro atoms. The van der Waals surface area contributed by atoms with Gasteiger partial charge in [-0.05, 0) is 42.0 Å². The third-order valence-corrected chi connectivity index (χ3v) is 4.69. The minimum atomic E-state index is -0.748. The predicted molar refractivity (Wildman–Crippen MR) is 83.7 cm³/mol. The summed E-state index contributed by atoms with van der Waals surface area (Å²) in [5.41, 5.74) is 7.88. The van der Waals surface area contributed by atoms with Gasteiger partial charge in [-0.25, -0.2) is 4.79 Å². The van der Waals surface area contributed by atoms with E-state index in [1.165, 1.54) is 0 Å². The van der Waals surface area contributed by atoms with E-state index in [4.69, 9.17) is 10.5 Å². The van der Waals surface area contributed by atoms with Crippen molar-refractivity contribution in [2.24, 2.45) is 11.7 Å². The molecule has 1 aliphatic rings. The maximum Gasteiger partial charge on any atom is 0.330 e. The lowest BCUT2D eigenvalue weighted by molar-refractivity contribution is -0.162. The molecule has 0 aliphatic heterocycles. The largest absolute Gasteiger partial charge is 0.392 e. The standard InChI is InChI=1S/C16H20BrNO3/c1-3-9(2)14(18)16(20)21-15(19)12-7-5-10-4-6-11(17)8-13(10)12/h4,6,8-9,12,14H,3,5,7,18H2,1-2H3/t9-,12?,14-/m0/s1. The van der Waals surface area contributed by atoms with Gasteiger partial charge in [0, 0.05) is 4.47 Å². The Morgan fingerprint density at radius 1 is 1.48 bits per heavy atom. The van der Waals surface area contributed by atoms with Gasteiger partial charge in [0.25, 0.3) is 0 Å². The van der Waals surface area contributed by atoms with E-state index in [0.717, 1.165) is 28.4 Å². The molecule has 114 valence electrons. The third-order valence-electron chi connectivity index (χ3n) is 4.20. The summed E-state index contributed by atoms with van der Waals surface area (Å²) in [6.45, 7) is 3.82. The second kappa shape index (κ2) is 6.71. The normalized spacial score (nSPS) is 19.7. The molecule has 21 heavy (non-hydrogen) atoms. The summed E-state index contributed by atoms with van der Waals surface area (Å²) in [7, 11) is 0. The highest BCUT2D eigenvalue weighted by Gasteiger charge is 2.33. The molecule has 0 saturated carbocycles. The first-order chi connectivity index (χ1) is 9.93. The molecule has 0 heterocycles. The van der Waals surface area contributed by atoms with Crippen LogP contribution in [-0.2, 0) is 20.7 Å². The number of rotatable bonds is 4. The van der Waals surface area contributed by atoms with Crippen LogP contribution in [0.3, 0.4) is 0 Å². The molecule has 1 aliphatic carbocycles. The van der Waals surface area contributed by atoms with Gasteiger partial charge in [0.05, 0.1) is 5.92 Å². The lowest BCUT2D eigenvalue weighted by atomic mass is 10.00. The van der Waals surface area contributed by atoms with E-state index in [1.54, 1.807) is 0 Å². The molecule has 0 bridgehead atoms. The molecule has 0 fully saturated rings. The lowest BCUT2D eigenvalue weighted by Gasteiger charge is -2.17. The van der Waals surface area contributed by atoms with Crippen LogP contribution >= 0.6 is 15.9 Å². The molecule has 2 rings (SSSR count). The zero-order valence-corrected chi connectivity index (χ0v) is 13.9. The maximum atomic E-state index is 12.2. The molecule has 0 aromatic heterocycles. The summed E-state index contributed by atoms with van der Waals surface area (Å²) in [6, 6.07) is 5.13. The number of fused-ring (bicyclic) bond motifs is 1. The van der Waals surface area contributed by atoms with E-state index in [9.17, 15) is 9.59 Å². The van der Waals surface area contributed by atoms with Gasteiger partial charge in [0.2, 0.25) is 0 Å². The van der Waals surface area contributed by atoms with Crippen LogP contribution in [0.4, 0.5) is 0 Å². The SMILES string of the molecule is CC[C@H](C)[C@H](N)C(=O)OC(=O)C1CCc2ccc(Br)cc21. The monoisotopic (exact) mass is 353 g/mol. The Balaban J connectivity index is 2.06. The first-order valence-electron chi connectivity index (χ1n) is 7.23.